The molecule has 13 heteroatoms. The van der Waals surface area contributed by atoms with Crippen molar-refractivity contribution in [1.29, 1.82) is 5.41 Å². The number of carboxylic acids is 1. The van der Waals surface area contributed by atoms with Crippen LogP contribution in [0.4, 0.5) is 0 Å². The van der Waals surface area contributed by atoms with E-state index >= 15 is 0 Å². The van der Waals surface area contributed by atoms with Crippen LogP contribution in [0.2, 0.25) is 0 Å². The molecule has 1 amide bonds. The number of hydrogen-bond donors (Lipinski definition) is 4. The van der Waals surface area contributed by atoms with E-state index < -0.39 is 34.0 Å². The van der Waals surface area contributed by atoms with Gasteiger partial charge < -0.3 is 20.6 Å². The topological polar surface area (TPSA) is 157 Å². The predicted octanol–water partition coefficient (Wildman–Crippen LogP) is 2.63. The number of carbonyl (C=O) groups excluding carboxylic acids is 1. The van der Waals surface area contributed by atoms with E-state index in [0.717, 1.165) is 29.7 Å². The number of aryl methyl sites for hydroxylation is 1. The molecule has 0 saturated heterocycles. The second kappa shape index (κ2) is 13.8. The molecule has 0 spiro atoms. The highest BCUT2D eigenvalue weighted by Crippen LogP contribution is 2.29. The average molecular weight is 627 g/mol. The van der Waals surface area contributed by atoms with Crippen LogP contribution in [-0.4, -0.2) is 73.3 Å². The maximum atomic E-state index is 13.9. The van der Waals surface area contributed by atoms with Crippen molar-refractivity contribution in [1.82, 2.24) is 14.5 Å². The SMILES string of the molecule is CC1=CCN(C(=O)[C@H](Cc2cccc(C(=N)N)c2)NS(=O)(=O)c2ccc(C)c3c2CN(C)CC3)C(C(=O)O)C1.Cl.Cl. The summed E-state index contributed by atoms with van der Waals surface area (Å²) in [6.07, 6.45) is 2.63. The molecule has 0 radical (unpaired) electrons. The second-order valence-corrected chi connectivity index (χ2v) is 12.1. The number of carboxylic acid groups (broad SMARTS) is 1. The van der Waals surface area contributed by atoms with Crippen LogP contribution < -0.4 is 10.5 Å². The zero-order valence-electron chi connectivity index (χ0n) is 23.2. The van der Waals surface area contributed by atoms with Crippen LogP contribution in [0.15, 0.2) is 52.9 Å². The number of carbonyl (C=O) groups is 2. The zero-order chi connectivity index (χ0) is 28.5. The van der Waals surface area contributed by atoms with Gasteiger partial charge in [-0.1, -0.05) is 35.9 Å². The van der Waals surface area contributed by atoms with Gasteiger partial charge in [-0.15, -0.1) is 24.8 Å². The van der Waals surface area contributed by atoms with E-state index in [-0.39, 0.29) is 54.9 Å². The maximum absolute atomic E-state index is 13.9. The number of nitrogen functional groups attached to an aromatic ring is 1. The van der Waals surface area contributed by atoms with Gasteiger partial charge in [0.05, 0.1) is 4.90 Å². The first-order valence-corrected chi connectivity index (χ1v) is 14.3. The van der Waals surface area contributed by atoms with Crippen molar-refractivity contribution in [3.05, 3.63) is 75.9 Å². The molecular formula is C28H37Cl2N5O5S. The Morgan fingerprint density at radius 3 is 2.54 bits per heavy atom. The van der Waals surface area contributed by atoms with Gasteiger partial charge in [0.2, 0.25) is 15.9 Å². The minimum atomic E-state index is -4.17. The van der Waals surface area contributed by atoms with Gasteiger partial charge in [-0.2, -0.15) is 4.72 Å². The van der Waals surface area contributed by atoms with Crippen LogP contribution in [0.5, 0.6) is 0 Å². The van der Waals surface area contributed by atoms with Crippen molar-refractivity contribution in [3.8, 4) is 0 Å². The van der Waals surface area contributed by atoms with Crippen LogP contribution in [-0.2, 0) is 39.0 Å². The number of likely N-dealkylation sites (N-methyl/N-ethyl adjacent to an activating group) is 1. The fraction of sp³-hybridized carbons (Fsp3) is 0.393. The standard InChI is InChI=1S/C28H35N5O5S.2ClH/c1-17-9-12-33(24(13-17)28(35)36)27(34)23(15-19-5-4-6-20(14-19)26(29)30)31-39(37,38)25-8-7-18(2)21-10-11-32(3)16-22(21)25;;/h4-9,14,23-24,31H,10-13,15-16H2,1-3H3,(H3,29,30)(H,35,36);2*1H/t23-,24?;;/m0../s1. The third-order valence-corrected chi connectivity index (χ3v) is 9.01. The highest BCUT2D eigenvalue weighted by atomic mass is 35.5. The quantitative estimate of drug-likeness (QED) is 0.199. The number of halogens is 2. The predicted molar refractivity (Wildman–Crippen MR) is 162 cm³/mol. The maximum Gasteiger partial charge on any atom is 0.326 e. The van der Waals surface area contributed by atoms with Gasteiger partial charge in [0.25, 0.3) is 0 Å². The van der Waals surface area contributed by atoms with E-state index in [2.05, 4.69) is 9.62 Å². The molecule has 0 aliphatic carbocycles. The van der Waals surface area contributed by atoms with E-state index in [1.165, 1.54) is 4.90 Å². The van der Waals surface area contributed by atoms with Crippen molar-refractivity contribution >= 4 is 52.5 Å². The summed E-state index contributed by atoms with van der Waals surface area (Å²) in [5.41, 5.74) is 10.3. The Morgan fingerprint density at radius 1 is 1.17 bits per heavy atom. The number of amidine groups is 1. The van der Waals surface area contributed by atoms with Crippen LogP contribution in [0.25, 0.3) is 0 Å². The average Bonchev–Trinajstić information content (AvgIpc) is 2.87. The van der Waals surface area contributed by atoms with Gasteiger partial charge in [-0.05, 0) is 74.5 Å². The van der Waals surface area contributed by atoms with Gasteiger partial charge in [0, 0.05) is 25.2 Å². The Kier molecular flexibility index (Phi) is 11.5. The molecule has 2 aromatic carbocycles. The summed E-state index contributed by atoms with van der Waals surface area (Å²) in [4.78, 5) is 29.3. The number of nitrogens with two attached hydrogens (primary N) is 1. The van der Waals surface area contributed by atoms with Crippen LogP contribution in [0.1, 0.15) is 41.2 Å². The smallest absolute Gasteiger partial charge is 0.326 e. The Bertz CT molecular complexity index is 1460. The fourth-order valence-corrected chi connectivity index (χ4v) is 6.73. The molecule has 5 N–H and O–H groups in total. The molecule has 0 bridgehead atoms. The lowest BCUT2D eigenvalue weighted by Crippen LogP contribution is -2.55. The van der Waals surface area contributed by atoms with E-state index in [1.54, 1.807) is 42.5 Å². The molecule has 0 saturated carbocycles. The minimum absolute atomic E-state index is 0. The summed E-state index contributed by atoms with van der Waals surface area (Å²) >= 11 is 0. The largest absolute Gasteiger partial charge is 0.480 e. The minimum Gasteiger partial charge on any atom is -0.480 e. The number of nitrogens with one attached hydrogen (secondary N) is 2. The molecule has 41 heavy (non-hydrogen) atoms. The molecule has 2 heterocycles. The van der Waals surface area contributed by atoms with E-state index in [0.29, 0.717) is 23.2 Å². The first-order valence-electron chi connectivity index (χ1n) is 12.8. The first-order chi connectivity index (χ1) is 18.4. The number of aliphatic carboxylic acids is 1. The van der Waals surface area contributed by atoms with Crippen molar-refractivity contribution in [2.45, 2.75) is 56.6 Å². The lowest BCUT2D eigenvalue weighted by molar-refractivity contribution is -0.150. The summed E-state index contributed by atoms with van der Waals surface area (Å²) in [6, 6.07) is 7.67. The fourth-order valence-electron chi connectivity index (χ4n) is 5.29. The summed E-state index contributed by atoms with van der Waals surface area (Å²) in [6.45, 7) is 5.11. The molecule has 2 aromatic rings. The number of fused-ring (bicyclic) bond motifs is 1. The van der Waals surface area contributed by atoms with Gasteiger partial charge in [0.15, 0.2) is 0 Å². The molecule has 2 aliphatic heterocycles. The first kappa shape index (κ1) is 34.2. The van der Waals surface area contributed by atoms with Gasteiger partial charge in [0.1, 0.15) is 17.9 Å². The normalized spacial score (nSPS) is 17.8. The number of hydrogen-bond acceptors (Lipinski definition) is 6. The van der Waals surface area contributed by atoms with Gasteiger partial charge in [-0.25, -0.2) is 13.2 Å². The lowest BCUT2D eigenvalue weighted by Gasteiger charge is -2.35. The zero-order valence-corrected chi connectivity index (χ0v) is 25.7. The van der Waals surface area contributed by atoms with Crippen LogP contribution in [0, 0.1) is 12.3 Å². The molecule has 224 valence electrons. The highest BCUT2D eigenvalue weighted by Gasteiger charge is 2.38. The molecule has 4 rings (SSSR count). The Balaban J connectivity index is 0.00000294. The van der Waals surface area contributed by atoms with E-state index in [9.17, 15) is 23.1 Å². The number of nitrogens with zero attached hydrogens (tertiary/aromatic N) is 2. The molecule has 0 fully saturated rings. The number of sulfonamides is 1. The summed E-state index contributed by atoms with van der Waals surface area (Å²) in [5, 5.41) is 17.6. The summed E-state index contributed by atoms with van der Waals surface area (Å²) in [5.74, 6) is -1.93. The monoisotopic (exact) mass is 625 g/mol. The Morgan fingerprint density at radius 2 is 1.88 bits per heavy atom. The number of benzene rings is 2. The molecule has 2 aliphatic rings. The lowest BCUT2D eigenvalue weighted by atomic mass is 9.95. The number of amides is 1. The van der Waals surface area contributed by atoms with Crippen molar-refractivity contribution < 1.29 is 23.1 Å². The van der Waals surface area contributed by atoms with Crippen molar-refractivity contribution in [2.75, 3.05) is 20.1 Å². The van der Waals surface area contributed by atoms with E-state index in [1.807, 2.05) is 20.9 Å². The Hall–Kier alpha value is -2.96. The Labute approximate surface area is 253 Å². The molecule has 10 nitrogen and oxygen atoms in total. The third-order valence-electron chi connectivity index (χ3n) is 7.45. The van der Waals surface area contributed by atoms with Crippen molar-refractivity contribution in [3.63, 3.8) is 0 Å². The van der Waals surface area contributed by atoms with Crippen molar-refractivity contribution in [2.24, 2.45) is 5.73 Å². The molecular weight excluding hydrogens is 589 g/mol. The van der Waals surface area contributed by atoms with Gasteiger partial charge >= 0.3 is 5.97 Å². The summed E-state index contributed by atoms with van der Waals surface area (Å²) in [7, 11) is -2.24. The van der Waals surface area contributed by atoms with Crippen LogP contribution >= 0.6 is 24.8 Å². The van der Waals surface area contributed by atoms with E-state index in [4.69, 9.17) is 11.1 Å². The number of rotatable bonds is 8. The van der Waals surface area contributed by atoms with Gasteiger partial charge in [-0.3, -0.25) is 10.2 Å². The molecule has 1 unspecified atom stereocenters. The second-order valence-electron chi connectivity index (χ2n) is 10.4. The highest BCUT2D eigenvalue weighted by molar-refractivity contribution is 7.89. The summed E-state index contributed by atoms with van der Waals surface area (Å²) < 4.78 is 30.4. The molecule has 2 atom stereocenters. The van der Waals surface area contributed by atoms with Crippen LogP contribution in [0.3, 0.4) is 0 Å². The third kappa shape index (κ3) is 7.66. The molecule has 0 aromatic heterocycles.